The lowest BCUT2D eigenvalue weighted by Crippen LogP contribution is -2.33. The number of ether oxygens (including phenoxy) is 1. The van der Waals surface area contributed by atoms with Gasteiger partial charge in [0.2, 0.25) is 15.9 Å². The zero-order valence-electron chi connectivity index (χ0n) is 14.8. The van der Waals surface area contributed by atoms with Crippen molar-refractivity contribution >= 4 is 27.7 Å². The second-order valence-corrected chi connectivity index (χ2v) is 7.42. The normalized spacial score (nSPS) is 11.7. The summed E-state index contributed by atoms with van der Waals surface area (Å²) < 4.78 is 31.0. The Morgan fingerprint density at radius 3 is 2.46 bits per heavy atom. The monoisotopic (exact) mass is 374 g/mol. The molecule has 0 aromatic heterocycles. The van der Waals surface area contributed by atoms with Crippen LogP contribution in [0.5, 0.6) is 5.75 Å². The first kappa shape index (κ1) is 19.7. The van der Waals surface area contributed by atoms with Gasteiger partial charge in [-0.3, -0.25) is 4.79 Å². The van der Waals surface area contributed by atoms with E-state index >= 15 is 0 Å². The molecule has 26 heavy (non-hydrogen) atoms. The quantitative estimate of drug-likeness (QED) is 0.771. The highest BCUT2D eigenvalue weighted by Gasteiger charge is 2.18. The molecule has 0 bridgehead atoms. The van der Waals surface area contributed by atoms with Crippen molar-refractivity contribution in [1.29, 1.82) is 0 Å². The van der Waals surface area contributed by atoms with Gasteiger partial charge in [0, 0.05) is 12.5 Å². The molecule has 0 fully saturated rings. The number of amides is 1. The van der Waals surface area contributed by atoms with Gasteiger partial charge in [-0.05, 0) is 30.7 Å². The van der Waals surface area contributed by atoms with Gasteiger partial charge in [0.05, 0.1) is 18.8 Å². The van der Waals surface area contributed by atoms with Crippen molar-refractivity contribution in [3.63, 3.8) is 0 Å². The highest BCUT2D eigenvalue weighted by molar-refractivity contribution is 7.92. The Hall–Kier alpha value is -2.64. The van der Waals surface area contributed by atoms with Crippen LogP contribution in [0.25, 0.3) is 6.08 Å². The van der Waals surface area contributed by atoms with Crippen LogP contribution in [-0.4, -0.2) is 38.8 Å². The number of likely N-dealkylation sites (N-methyl/N-ethyl adjacent to an activating group) is 1. The lowest BCUT2D eigenvalue weighted by Gasteiger charge is -2.16. The maximum Gasteiger partial charge on any atom is 0.239 e. The van der Waals surface area contributed by atoms with Gasteiger partial charge < -0.3 is 10.1 Å². The molecule has 138 valence electrons. The first-order chi connectivity index (χ1) is 12.4. The molecule has 0 heterocycles. The molecule has 6 nitrogen and oxygen atoms in total. The van der Waals surface area contributed by atoms with E-state index in [9.17, 15) is 13.2 Å². The molecule has 0 aliphatic heterocycles. The van der Waals surface area contributed by atoms with Crippen molar-refractivity contribution < 1.29 is 17.9 Å². The number of carbonyl (C=O) groups excluding carboxylic acids is 1. The predicted molar refractivity (Wildman–Crippen MR) is 103 cm³/mol. The molecule has 1 amide bonds. The van der Waals surface area contributed by atoms with Crippen LogP contribution in [0.4, 0.5) is 5.69 Å². The lowest BCUT2D eigenvalue weighted by atomic mass is 10.2. The van der Waals surface area contributed by atoms with Crippen LogP contribution in [0.3, 0.4) is 0 Å². The molecule has 2 aromatic rings. The molecular formula is C19H22N2O4S. The summed E-state index contributed by atoms with van der Waals surface area (Å²) in [7, 11) is -2.35. The van der Waals surface area contributed by atoms with Crippen molar-refractivity contribution in [2.75, 3.05) is 25.5 Å². The van der Waals surface area contributed by atoms with Crippen molar-refractivity contribution in [3.05, 3.63) is 65.6 Å². The van der Waals surface area contributed by atoms with Crippen molar-refractivity contribution in [3.8, 4) is 5.75 Å². The van der Waals surface area contributed by atoms with Gasteiger partial charge in [0.1, 0.15) is 5.75 Å². The number of benzene rings is 2. The predicted octanol–water partition coefficient (Wildman–Crippen LogP) is 2.96. The third-order valence-electron chi connectivity index (χ3n) is 3.49. The number of hydrogen-bond donors (Lipinski definition) is 1. The van der Waals surface area contributed by atoms with Crippen LogP contribution >= 0.6 is 0 Å². The molecule has 0 aliphatic rings. The summed E-state index contributed by atoms with van der Waals surface area (Å²) in [5, 5.41) is 3.77. The number of para-hydroxylation sites is 2. The number of carbonyl (C=O) groups is 1. The standard InChI is InChI=1S/C19H22N2O4S/c1-3-25-18-12-8-7-11-17(18)20-19(22)15-21(2)26(23,24)14-13-16-9-5-4-6-10-16/h4-14H,3,15H2,1-2H3,(H,20,22)/b14-13+. The summed E-state index contributed by atoms with van der Waals surface area (Å²) in [5.41, 5.74) is 1.27. The molecule has 2 aromatic carbocycles. The third kappa shape index (κ3) is 5.72. The number of anilines is 1. The summed E-state index contributed by atoms with van der Waals surface area (Å²) in [4.78, 5) is 12.2. The fourth-order valence-electron chi connectivity index (χ4n) is 2.17. The zero-order valence-corrected chi connectivity index (χ0v) is 15.6. The first-order valence-corrected chi connectivity index (χ1v) is 9.64. The Balaban J connectivity index is 2.01. The van der Waals surface area contributed by atoms with Gasteiger partial charge in [-0.25, -0.2) is 8.42 Å². The van der Waals surface area contributed by atoms with E-state index in [0.717, 1.165) is 15.3 Å². The van der Waals surface area contributed by atoms with Gasteiger partial charge in [-0.15, -0.1) is 0 Å². The van der Waals surface area contributed by atoms with Crippen LogP contribution in [0.2, 0.25) is 0 Å². The smallest absolute Gasteiger partial charge is 0.239 e. The number of nitrogens with zero attached hydrogens (tertiary/aromatic N) is 1. The van der Waals surface area contributed by atoms with E-state index in [2.05, 4.69) is 5.32 Å². The highest BCUT2D eigenvalue weighted by Crippen LogP contribution is 2.23. The largest absolute Gasteiger partial charge is 0.492 e. The second-order valence-electron chi connectivity index (χ2n) is 5.49. The molecule has 0 aliphatic carbocycles. The van der Waals surface area contributed by atoms with E-state index in [-0.39, 0.29) is 6.54 Å². The van der Waals surface area contributed by atoms with Crippen LogP contribution in [0, 0.1) is 0 Å². The summed E-state index contributed by atoms with van der Waals surface area (Å²) in [6, 6.07) is 16.1. The Bertz CT molecular complexity index is 864. The van der Waals surface area contributed by atoms with Crippen molar-refractivity contribution in [2.45, 2.75) is 6.92 Å². The Morgan fingerprint density at radius 1 is 1.12 bits per heavy atom. The molecule has 0 saturated heterocycles. The van der Waals surface area contributed by atoms with Crippen molar-refractivity contribution in [1.82, 2.24) is 4.31 Å². The van der Waals surface area contributed by atoms with E-state index in [1.807, 2.05) is 25.1 Å². The molecule has 0 unspecified atom stereocenters. The number of hydrogen-bond acceptors (Lipinski definition) is 4. The second kappa shape index (κ2) is 9.17. The molecule has 1 N–H and O–H groups in total. The van der Waals surface area contributed by atoms with E-state index in [1.165, 1.54) is 13.1 Å². The molecule has 2 rings (SSSR count). The summed E-state index contributed by atoms with van der Waals surface area (Å²) in [6.07, 6.45) is 1.49. The molecule has 0 atom stereocenters. The minimum absolute atomic E-state index is 0.304. The molecule has 0 saturated carbocycles. The highest BCUT2D eigenvalue weighted by atomic mass is 32.2. The number of rotatable bonds is 8. The summed E-state index contributed by atoms with van der Waals surface area (Å²) in [6.45, 7) is 2.01. The van der Waals surface area contributed by atoms with Gasteiger partial charge in [-0.1, -0.05) is 42.5 Å². The fourth-order valence-corrected chi connectivity index (χ4v) is 3.00. The third-order valence-corrected chi connectivity index (χ3v) is 4.97. The minimum Gasteiger partial charge on any atom is -0.492 e. The van der Waals surface area contributed by atoms with E-state index < -0.39 is 15.9 Å². The molecular weight excluding hydrogens is 352 g/mol. The average molecular weight is 374 g/mol. The molecule has 0 spiro atoms. The Kier molecular flexibility index (Phi) is 6.94. The van der Waals surface area contributed by atoms with Crippen molar-refractivity contribution in [2.24, 2.45) is 0 Å². The van der Waals surface area contributed by atoms with Gasteiger partial charge in [0.25, 0.3) is 0 Å². The Morgan fingerprint density at radius 2 is 1.77 bits per heavy atom. The Labute approximate surface area is 154 Å². The van der Waals surface area contributed by atoms with Crippen LogP contribution in [0.1, 0.15) is 12.5 Å². The van der Waals surface area contributed by atoms with E-state index in [1.54, 1.807) is 36.4 Å². The summed E-state index contributed by atoms with van der Waals surface area (Å²) in [5.74, 6) is 0.0918. The topological polar surface area (TPSA) is 75.7 Å². The SMILES string of the molecule is CCOc1ccccc1NC(=O)CN(C)S(=O)(=O)/C=C/c1ccccc1. The minimum atomic E-state index is -3.71. The molecule has 7 heteroatoms. The van der Waals surface area contributed by atoms with E-state index in [0.29, 0.717) is 18.0 Å². The summed E-state index contributed by atoms with van der Waals surface area (Å²) >= 11 is 0. The number of sulfonamides is 1. The van der Waals surface area contributed by atoms with Crippen LogP contribution in [-0.2, 0) is 14.8 Å². The lowest BCUT2D eigenvalue weighted by molar-refractivity contribution is -0.116. The fraction of sp³-hybridized carbons (Fsp3) is 0.211. The average Bonchev–Trinajstić information content (AvgIpc) is 2.63. The van der Waals surface area contributed by atoms with Crippen LogP contribution in [0.15, 0.2) is 60.0 Å². The van der Waals surface area contributed by atoms with Gasteiger partial charge in [0.15, 0.2) is 0 Å². The first-order valence-electron chi connectivity index (χ1n) is 8.13. The van der Waals surface area contributed by atoms with E-state index in [4.69, 9.17) is 4.74 Å². The van der Waals surface area contributed by atoms with Gasteiger partial charge in [-0.2, -0.15) is 4.31 Å². The maximum absolute atomic E-state index is 12.3. The van der Waals surface area contributed by atoms with Gasteiger partial charge >= 0.3 is 0 Å². The molecule has 0 radical (unpaired) electrons. The van der Waals surface area contributed by atoms with Crippen LogP contribution < -0.4 is 10.1 Å². The maximum atomic E-state index is 12.3. The number of nitrogens with one attached hydrogen (secondary N) is 1. The zero-order chi connectivity index (χ0) is 19.0.